The number of Topliss-reactive ketones (excluding diaryl/α,β-unsaturated/α-hetero) is 1. The van der Waals surface area contributed by atoms with Crippen molar-refractivity contribution < 1.29 is 24.0 Å². The van der Waals surface area contributed by atoms with Crippen molar-refractivity contribution in [2.75, 3.05) is 6.54 Å². The van der Waals surface area contributed by atoms with Crippen molar-refractivity contribution in [3.63, 3.8) is 0 Å². The van der Waals surface area contributed by atoms with Crippen LogP contribution in [0.5, 0.6) is 0 Å². The molecule has 5 heteroatoms. The lowest BCUT2D eigenvalue weighted by molar-refractivity contribution is -0.900. The predicted octanol–water partition coefficient (Wildman–Crippen LogP) is 5.22. The Labute approximate surface area is 222 Å². The monoisotopic (exact) mass is 505 g/mol. The van der Waals surface area contributed by atoms with Gasteiger partial charge in [-0.1, -0.05) is 94.8 Å². The standard InChI is InChI=1S/C32H43NO4/c1-5-14-27(20-13-17-24-15-9-7-10-16-24)33(30(35)29(34)32(3,4)6-2)22-21-26(23-28(33)31(36)37)25-18-11-8-12-19-25/h7-12,15-16,18-19,26-28H,5-6,13-14,17,20-23H2,1-4H3. The quantitative estimate of drug-likeness (QED) is 0.293. The van der Waals surface area contributed by atoms with Gasteiger partial charge in [0.15, 0.2) is 0 Å². The molecule has 1 amide bonds. The smallest absolute Gasteiger partial charge is 0.383 e. The van der Waals surface area contributed by atoms with Gasteiger partial charge in [-0.05, 0) is 42.7 Å². The Balaban J connectivity index is 2.01. The third kappa shape index (κ3) is 6.38. The van der Waals surface area contributed by atoms with Crippen molar-refractivity contribution in [3.05, 3.63) is 71.8 Å². The number of rotatable bonds is 12. The van der Waals surface area contributed by atoms with Crippen LogP contribution in [0.2, 0.25) is 0 Å². The largest absolute Gasteiger partial charge is 0.544 e. The van der Waals surface area contributed by atoms with Crippen LogP contribution in [0.4, 0.5) is 0 Å². The van der Waals surface area contributed by atoms with Crippen LogP contribution in [0, 0.1) is 5.41 Å². The fourth-order valence-electron chi connectivity index (χ4n) is 6.02. The number of hydrogen-bond acceptors (Lipinski definition) is 4. The zero-order valence-electron chi connectivity index (χ0n) is 22.9. The van der Waals surface area contributed by atoms with Crippen LogP contribution >= 0.6 is 0 Å². The number of carboxylic acid groups (broad SMARTS) is 1. The molecule has 1 aliphatic rings. The van der Waals surface area contributed by atoms with E-state index >= 15 is 0 Å². The summed E-state index contributed by atoms with van der Waals surface area (Å²) in [4.78, 5) is 40.7. The fourth-order valence-corrected chi connectivity index (χ4v) is 6.02. The highest BCUT2D eigenvalue weighted by Crippen LogP contribution is 2.41. The number of aliphatic carboxylic acids is 1. The van der Waals surface area contributed by atoms with E-state index in [-0.39, 0.29) is 16.4 Å². The number of amides is 1. The topological polar surface area (TPSA) is 74.3 Å². The first-order valence-electron chi connectivity index (χ1n) is 13.9. The molecule has 0 aliphatic carbocycles. The van der Waals surface area contributed by atoms with Crippen molar-refractivity contribution in [3.8, 4) is 0 Å². The van der Waals surface area contributed by atoms with Crippen LogP contribution in [0.25, 0.3) is 0 Å². The van der Waals surface area contributed by atoms with Gasteiger partial charge >= 0.3 is 5.91 Å². The molecule has 200 valence electrons. The fraction of sp³-hybridized carbons (Fsp3) is 0.531. The number of carboxylic acids is 1. The lowest BCUT2D eigenvalue weighted by Gasteiger charge is -2.52. The van der Waals surface area contributed by atoms with E-state index in [2.05, 4.69) is 19.1 Å². The van der Waals surface area contributed by atoms with Crippen LogP contribution < -0.4 is 5.11 Å². The van der Waals surface area contributed by atoms with Crippen LogP contribution in [0.15, 0.2) is 60.7 Å². The minimum Gasteiger partial charge on any atom is -0.544 e. The zero-order valence-corrected chi connectivity index (χ0v) is 22.9. The van der Waals surface area contributed by atoms with E-state index in [4.69, 9.17) is 0 Å². The molecule has 4 unspecified atom stereocenters. The Hall–Kier alpha value is -2.79. The maximum absolute atomic E-state index is 14.3. The molecule has 1 fully saturated rings. The molecule has 1 saturated heterocycles. The van der Waals surface area contributed by atoms with Crippen LogP contribution in [-0.4, -0.2) is 40.8 Å². The van der Waals surface area contributed by atoms with Crippen molar-refractivity contribution in [2.45, 2.75) is 97.1 Å². The Morgan fingerprint density at radius 3 is 2.16 bits per heavy atom. The molecular formula is C32H43NO4. The van der Waals surface area contributed by atoms with E-state index in [9.17, 15) is 19.5 Å². The minimum atomic E-state index is -1.22. The number of likely N-dealkylation sites (tertiary alicyclic amines) is 1. The summed E-state index contributed by atoms with van der Waals surface area (Å²) in [6, 6.07) is 18.8. The van der Waals surface area contributed by atoms with Gasteiger partial charge in [-0.2, -0.15) is 0 Å². The third-order valence-corrected chi connectivity index (χ3v) is 8.64. The van der Waals surface area contributed by atoms with Gasteiger partial charge in [-0.3, -0.25) is 4.79 Å². The summed E-state index contributed by atoms with van der Waals surface area (Å²) in [5, 5.41) is 12.8. The summed E-state index contributed by atoms with van der Waals surface area (Å²) in [6.07, 6.45) is 5.37. The number of piperidine rings is 1. The first-order valence-corrected chi connectivity index (χ1v) is 13.9. The predicted molar refractivity (Wildman–Crippen MR) is 145 cm³/mol. The first kappa shape index (κ1) is 28.8. The molecule has 4 atom stereocenters. The molecule has 0 bridgehead atoms. The van der Waals surface area contributed by atoms with Crippen LogP contribution in [0.3, 0.4) is 0 Å². The second kappa shape index (κ2) is 12.6. The van der Waals surface area contributed by atoms with E-state index < -0.39 is 29.1 Å². The van der Waals surface area contributed by atoms with Gasteiger partial charge in [-0.25, -0.2) is 9.28 Å². The molecule has 2 aromatic rings. The zero-order chi connectivity index (χ0) is 27.1. The normalized spacial score (nSPS) is 22.8. The Bertz CT molecular complexity index is 1050. The summed E-state index contributed by atoms with van der Waals surface area (Å²) in [6.45, 7) is 7.89. The van der Waals surface area contributed by atoms with E-state index in [1.165, 1.54) is 5.56 Å². The Kier molecular flexibility index (Phi) is 9.83. The number of quaternary nitrogens is 1. The summed E-state index contributed by atoms with van der Waals surface area (Å²) in [5.74, 6) is -2.20. The number of nitrogens with zero attached hydrogens (tertiary/aromatic N) is 1. The SMILES string of the molecule is CCCC(CCCc1ccccc1)[N+]1(C(=O)C(=O)C(C)(C)CC)CCC(c2ccccc2)CC1C(=O)[O-]. The average molecular weight is 506 g/mol. The molecule has 0 aromatic heterocycles. The Morgan fingerprint density at radius 1 is 0.973 bits per heavy atom. The summed E-state index contributed by atoms with van der Waals surface area (Å²) >= 11 is 0. The van der Waals surface area contributed by atoms with Gasteiger partial charge in [0.2, 0.25) is 0 Å². The van der Waals surface area contributed by atoms with Gasteiger partial charge in [-0.15, -0.1) is 0 Å². The second-order valence-corrected chi connectivity index (χ2v) is 11.3. The molecule has 37 heavy (non-hydrogen) atoms. The van der Waals surface area contributed by atoms with Gasteiger partial charge in [0.1, 0.15) is 6.04 Å². The highest BCUT2D eigenvalue weighted by Gasteiger charge is 2.57. The maximum Gasteiger partial charge on any atom is 0.383 e. The summed E-state index contributed by atoms with van der Waals surface area (Å²) in [7, 11) is 0. The molecule has 2 aromatic carbocycles. The van der Waals surface area contributed by atoms with Gasteiger partial charge < -0.3 is 9.90 Å². The number of carbonyl (C=O) groups is 3. The molecule has 1 heterocycles. The number of ketones is 1. The third-order valence-electron chi connectivity index (χ3n) is 8.64. The lowest BCUT2D eigenvalue weighted by Crippen LogP contribution is -2.73. The summed E-state index contributed by atoms with van der Waals surface area (Å²) in [5.41, 5.74) is 1.46. The number of carbonyl (C=O) groups excluding carboxylic acids is 3. The molecule has 0 spiro atoms. The van der Waals surface area contributed by atoms with Crippen molar-refractivity contribution in [1.29, 1.82) is 0 Å². The lowest BCUT2D eigenvalue weighted by atomic mass is 9.78. The van der Waals surface area contributed by atoms with E-state index in [0.29, 0.717) is 38.6 Å². The van der Waals surface area contributed by atoms with E-state index in [1.54, 1.807) is 13.8 Å². The Morgan fingerprint density at radius 2 is 1.59 bits per heavy atom. The molecular weight excluding hydrogens is 462 g/mol. The van der Waals surface area contributed by atoms with Crippen molar-refractivity contribution in [2.24, 2.45) is 5.41 Å². The van der Waals surface area contributed by atoms with E-state index in [1.807, 2.05) is 55.5 Å². The average Bonchev–Trinajstić information content (AvgIpc) is 2.92. The van der Waals surface area contributed by atoms with Gasteiger partial charge in [0.05, 0.1) is 18.6 Å². The van der Waals surface area contributed by atoms with Gasteiger partial charge in [0, 0.05) is 24.7 Å². The molecule has 0 N–H and O–H groups in total. The molecule has 1 aliphatic heterocycles. The highest BCUT2D eigenvalue weighted by atomic mass is 16.4. The minimum absolute atomic E-state index is 0.0176. The molecule has 0 radical (unpaired) electrons. The highest BCUT2D eigenvalue weighted by molar-refractivity contribution is 6.35. The van der Waals surface area contributed by atoms with E-state index in [0.717, 1.165) is 24.8 Å². The van der Waals surface area contributed by atoms with Crippen LogP contribution in [-0.2, 0) is 20.8 Å². The summed E-state index contributed by atoms with van der Waals surface area (Å²) < 4.78 is -0.295. The number of aryl methyl sites for hydroxylation is 1. The second-order valence-electron chi connectivity index (χ2n) is 11.3. The molecule has 5 nitrogen and oxygen atoms in total. The molecule has 3 rings (SSSR count). The molecule has 0 saturated carbocycles. The van der Waals surface area contributed by atoms with Crippen molar-refractivity contribution in [1.82, 2.24) is 0 Å². The number of hydrogen-bond donors (Lipinski definition) is 0. The number of benzene rings is 2. The first-order chi connectivity index (χ1) is 17.7. The van der Waals surface area contributed by atoms with Gasteiger partial charge in [0.25, 0.3) is 5.78 Å². The van der Waals surface area contributed by atoms with Crippen molar-refractivity contribution >= 4 is 17.7 Å². The maximum atomic E-state index is 14.3. The van der Waals surface area contributed by atoms with Crippen LogP contribution in [0.1, 0.15) is 89.7 Å².